The molecule has 0 amide bonds. The van der Waals surface area contributed by atoms with Crippen LogP contribution in [0.1, 0.15) is 54.0 Å². The Morgan fingerprint density at radius 1 is 1.25 bits per heavy atom. The van der Waals surface area contributed by atoms with E-state index in [4.69, 9.17) is 9.68 Å². The summed E-state index contributed by atoms with van der Waals surface area (Å²) in [6.45, 7) is 1.77. The van der Waals surface area contributed by atoms with Crippen molar-refractivity contribution in [1.82, 2.24) is 15.2 Å². The molecule has 7 nitrogen and oxygen atoms in total. The van der Waals surface area contributed by atoms with E-state index >= 15 is 0 Å². The van der Waals surface area contributed by atoms with E-state index in [2.05, 4.69) is 27.3 Å². The number of aromatic nitrogens is 3. The number of ketones is 1. The average Bonchev–Trinajstić information content (AvgIpc) is 3.15. The Labute approximate surface area is 192 Å². The van der Waals surface area contributed by atoms with Crippen LogP contribution in [-0.4, -0.2) is 26.1 Å². The van der Waals surface area contributed by atoms with Crippen LogP contribution in [0.3, 0.4) is 0 Å². The van der Waals surface area contributed by atoms with E-state index in [1.165, 1.54) is 0 Å². The molecule has 0 aliphatic heterocycles. The van der Waals surface area contributed by atoms with Crippen molar-refractivity contribution in [2.24, 2.45) is 5.41 Å². The molecule has 162 valence electrons. The maximum atomic E-state index is 12.2. The summed E-state index contributed by atoms with van der Waals surface area (Å²) in [4.78, 5) is 18.9. The lowest BCUT2D eigenvalue weighted by atomic mass is 10.00. The zero-order valence-corrected chi connectivity index (χ0v) is 19.0. The summed E-state index contributed by atoms with van der Waals surface area (Å²) in [7, 11) is 0. The molecule has 1 saturated carbocycles. The van der Waals surface area contributed by atoms with Gasteiger partial charge in [0.2, 0.25) is 11.8 Å². The highest BCUT2D eigenvalue weighted by atomic mass is 32.1. The number of fused-ring (bicyclic) bond motifs is 1. The van der Waals surface area contributed by atoms with Gasteiger partial charge in [-0.1, -0.05) is 6.07 Å². The lowest BCUT2D eigenvalue weighted by Gasteiger charge is -2.01. The molecule has 1 unspecified atom stereocenters. The molecular weight excluding hydrogens is 444 g/mol. The van der Waals surface area contributed by atoms with E-state index in [0.717, 1.165) is 43.4 Å². The molecule has 0 saturated heterocycles. The molecule has 5 rings (SSSR count). The molecular formula is C23H20N4O3S2. The van der Waals surface area contributed by atoms with Crippen LogP contribution >= 0.6 is 22.7 Å². The van der Waals surface area contributed by atoms with Crippen molar-refractivity contribution in [3.8, 4) is 16.5 Å². The van der Waals surface area contributed by atoms with Gasteiger partial charge in [-0.15, -0.1) is 32.9 Å². The number of carbonyl (C=O) groups excluding carboxylic acids is 1. The van der Waals surface area contributed by atoms with E-state index < -0.39 is 11.5 Å². The standard InChI is InChI=1S/C23H20N4O3S2/c1-13(28)17-4-5-18(31-17)14-2-3-16-19(8-14)32-22(25-16)10-21-27-26-20(30-21)9-15(29)11-23(12-24)6-7-23/h2-5,8,13,28H,6-7,9-11H2,1H3. The van der Waals surface area contributed by atoms with Gasteiger partial charge in [0, 0.05) is 16.2 Å². The summed E-state index contributed by atoms with van der Waals surface area (Å²) < 4.78 is 6.72. The molecule has 1 atom stereocenters. The number of Topliss-reactive ketones (excluding diaryl/α,β-unsaturated/α-hetero) is 1. The summed E-state index contributed by atoms with van der Waals surface area (Å²) in [5.41, 5.74) is 1.54. The van der Waals surface area contributed by atoms with Crippen LogP contribution in [0.4, 0.5) is 0 Å². The Morgan fingerprint density at radius 2 is 2.06 bits per heavy atom. The van der Waals surface area contributed by atoms with Crippen molar-refractivity contribution in [2.45, 2.75) is 45.1 Å². The van der Waals surface area contributed by atoms with Crippen molar-refractivity contribution in [1.29, 1.82) is 5.26 Å². The van der Waals surface area contributed by atoms with Crippen LogP contribution in [0.2, 0.25) is 0 Å². The summed E-state index contributed by atoms with van der Waals surface area (Å²) in [6, 6.07) is 12.4. The number of nitriles is 1. The normalized spacial score (nSPS) is 15.5. The number of thiazole rings is 1. The second kappa shape index (κ2) is 8.20. The van der Waals surface area contributed by atoms with E-state index in [9.17, 15) is 9.90 Å². The maximum Gasteiger partial charge on any atom is 0.223 e. The molecule has 0 radical (unpaired) electrons. The Kier molecular flexibility index (Phi) is 5.37. The fourth-order valence-electron chi connectivity index (χ4n) is 3.58. The average molecular weight is 465 g/mol. The fourth-order valence-corrected chi connectivity index (χ4v) is 5.52. The molecule has 0 spiro atoms. The summed E-state index contributed by atoms with van der Waals surface area (Å²) in [6.07, 6.45) is 1.83. The van der Waals surface area contributed by atoms with Crippen LogP contribution in [0.25, 0.3) is 20.7 Å². The molecule has 1 aliphatic rings. The number of benzene rings is 1. The summed E-state index contributed by atoms with van der Waals surface area (Å²) in [5.74, 6) is 0.668. The van der Waals surface area contributed by atoms with Crippen molar-refractivity contribution >= 4 is 38.7 Å². The van der Waals surface area contributed by atoms with Crippen LogP contribution in [0.5, 0.6) is 0 Å². The highest BCUT2D eigenvalue weighted by Crippen LogP contribution is 2.48. The number of nitrogens with zero attached hydrogens (tertiary/aromatic N) is 4. The third kappa shape index (κ3) is 4.35. The molecule has 3 aromatic heterocycles. The van der Waals surface area contributed by atoms with Crippen molar-refractivity contribution < 1.29 is 14.3 Å². The van der Waals surface area contributed by atoms with Gasteiger partial charge in [-0.2, -0.15) is 5.26 Å². The van der Waals surface area contributed by atoms with Crippen molar-refractivity contribution in [3.63, 3.8) is 0 Å². The number of aliphatic hydroxyl groups excluding tert-OH is 1. The number of hydrogen-bond donors (Lipinski definition) is 1. The second-order valence-electron chi connectivity index (χ2n) is 8.22. The molecule has 0 bridgehead atoms. The molecule has 32 heavy (non-hydrogen) atoms. The van der Waals surface area contributed by atoms with Gasteiger partial charge in [-0.25, -0.2) is 4.98 Å². The number of carbonyl (C=O) groups is 1. The largest absolute Gasteiger partial charge is 0.424 e. The number of rotatable bonds is 8. The highest BCUT2D eigenvalue weighted by molar-refractivity contribution is 7.18. The fraction of sp³-hybridized carbons (Fsp3) is 0.348. The molecule has 1 fully saturated rings. The van der Waals surface area contributed by atoms with E-state index in [1.54, 1.807) is 29.6 Å². The van der Waals surface area contributed by atoms with Crippen LogP contribution in [-0.2, 0) is 17.6 Å². The third-order valence-electron chi connectivity index (χ3n) is 5.54. The van der Waals surface area contributed by atoms with Crippen LogP contribution < -0.4 is 0 Å². The van der Waals surface area contributed by atoms with Gasteiger partial charge in [-0.05, 0) is 49.6 Å². The van der Waals surface area contributed by atoms with Gasteiger partial charge < -0.3 is 9.52 Å². The molecule has 1 N–H and O–H groups in total. The first-order valence-corrected chi connectivity index (χ1v) is 12.0. The summed E-state index contributed by atoms with van der Waals surface area (Å²) in [5, 5.41) is 27.8. The van der Waals surface area contributed by atoms with E-state index in [0.29, 0.717) is 12.3 Å². The Hall–Kier alpha value is -2.93. The number of hydrogen-bond acceptors (Lipinski definition) is 9. The Balaban J connectivity index is 1.27. The first-order valence-electron chi connectivity index (χ1n) is 10.3. The van der Waals surface area contributed by atoms with Gasteiger partial charge in [0.1, 0.15) is 10.8 Å². The molecule has 1 aromatic carbocycles. The predicted octanol–water partition coefficient (Wildman–Crippen LogP) is 4.86. The lowest BCUT2D eigenvalue weighted by molar-refractivity contribution is -0.119. The molecule has 3 heterocycles. The monoisotopic (exact) mass is 464 g/mol. The van der Waals surface area contributed by atoms with Gasteiger partial charge in [0.05, 0.1) is 40.6 Å². The highest BCUT2D eigenvalue weighted by Gasteiger charge is 2.44. The number of aliphatic hydroxyl groups is 1. The smallest absolute Gasteiger partial charge is 0.223 e. The van der Waals surface area contributed by atoms with Gasteiger partial charge in [0.15, 0.2) is 0 Å². The van der Waals surface area contributed by atoms with E-state index in [1.807, 2.05) is 24.3 Å². The predicted molar refractivity (Wildman–Crippen MR) is 121 cm³/mol. The summed E-state index contributed by atoms with van der Waals surface area (Å²) >= 11 is 3.15. The molecule has 4 aromatic rings. The maximum absolute atomic E-state index is 12.2. The van der Waals surface area contributed by atoms with Crippen LogP contribution in [0.15, 0.2) is 34.7 Å². The quantitative estimate of drug-likeness (QED) is 0.396. The third-order valence-corrected chi connectivity index (χ3v) is 7.86. The van der Waals surface area contributed by atoms with Crippen molar-refractivity contribution in [3.05, 3.63) is 52.0 Å². The lowest BCUT2D eigenvalue weighted by Crippen LogP contribution is -2.10. The SMILES string of the molecule is CC(O)c1ccc(-c2ccc3nc(Cc4nnc(CC(=O)CC5(C#N)CC5)o4)sc3c2)s1. The number of thiophene rings is 1. The molecule has 1 aliphatic carbocycles. The first kappa shape index (κ1) is 20.9. The van der Waals surface area contributed by atoms with Crippen LogP contribution in [0, 0.1) is 16.7 Å². The van der Waals surface area contributed by atoms with Gasteiger partial charge >= 0.3 is 0 Å². The topological polar surface area (TPSA) is 113 Å². The minimum Gasteiger partial charge on any atom is -0.424 e. The Morgan fingerprint density at radius 3 is 2.78 bits per heavy atom. The Bertz CT molecular complexity index is 1340. The molecule has 9 heteroatoms. The van der Waals surface area contributed by atoms with E-state index in [-0.39, 0.29) is 24.5 Å². The minimum absolute atomic E-state index is 0.0425. The first-order chi connectivity index (χ1) is 15.4. The van der Waals surface area contributed by atoms with Gasteiger partial charge in [-0.3, -0.25) is 4.79 Å². The zero-order chi connectivity index (χ0) is 22.3. The van der Waals surface area contributed by atoms with Crippen molar-refractivity contribution in [2.75, 3.05) is 0 Å². The minimum atomic E-state index is -0.469. The zero-order valence-electron chi connectivity index (χ0n) is 17.4. The second-order valence-corrected chi connectivity index (χ2v) is 10.4. The van der Waals surface area contributed by atoms with Gasteiger partial charge in [0.25, 0.3) is 0 Å².